The van der Waals surface area contributed by atoms with E-state index in [1.54, 1.807) is 4.68 Å². The lowest BCUT2D eigenvalue weighted by atomic mass is 9.92. The van der Waals surface area contributed by atoms with E-state index in [-0.39, 0.29) is 17.2 Å². The molecule has 0 radical (unpaired) electrons. The molecule has 1 saturated heterocycles. The van der Waals surface area contributed by atoms with Crippen LogP contribution >= 0.6 is 0 Å². The third kappa shape index (κ3) is 6.00. The third-order valence-electron chi connectivity index (χ3n) is 7.31. The highest BCUT2D eigenvalue weighted by atomic mass is 16.2. The predicted octanol–water partition coefficient (Wildman–Crippen LogP) is 6.24. The van der Waals surface area contributed by atoms with Gasteiger partial charge in [0.25, 0.3) is 5.91 Å². The Morgan fingerprint density at radius 2 is 1.65 bits per heavy atom. The second-order valence-corrected chi connectivity index (χ2v) is 11.6. The van der Waals surface area contributed by atoms with Crippen LogP contribution in [0.5, 0.6) is 0 Å². The summed E-state index contributed by atoms with van der Waals surface area (Å²) in [5.41, 5.74) is 6.52. The zero-order valence-electron chi connectivity index (χ0n) is 23.9. The van der Waals surface area contributed by atoms with Gasteiger partial charge < -0.3 is 5.32 Å². The molecule has 1 aliphatic rings. The molecular weight excluding hydrogens is 498 g/mol. The molecular formula is C33H37N5O2. The molecule has 2 heterocycles. The van der Waals surface area contributed by atoms with Crippen molar-refractivity contribution in [2.45, 2.75) is 53.0 Å². The minimum absolute atomic E-state index is 0.150. The summed E-state index contributed by atoms with van der Waals surface area (Å²) in [6.07, 6.45) is 0.486. The van der Waals surface area contributed by atoms with Crippen molar-refractivity contribution in [3.63, 3.8) is 0 Å². The molecule has 1 aromatic heterocycles. The molecule has 0 aliphatic carbocycles. The topological polar surface area (TPSA) is 70.5 Å². The Kier molecular flexibility index (Phi) is 7.59. The summed E-state index contributed by atoms with van der Waals surface area (Å²) in [6.45, 7) is 12.4. The summed E-state index contributed by atoms with van der Waals surface area (Å²) in [4.78, 5) is 30.0. The lowest BCUT2D eigenvalue weighted by molar-refractivity contribution is -0.121. The smallest absolute Gasteiger partial charge is 0.256 e. The van der Waals surface area contributed by atoms with E-state index < -0.39 is 0 Å². The van der Waals surface area contributed by atoms with Gasteiger partial charge in [-0.25, -0.2) is 4.68 Å². The number of nitrogens with zero attached hydrogens (tertiary/aromatic N) is 4. The average molecular weight is 536 g/mol. The Bertz CT molecular complexity index is 1510. The number of carbonyl (C=O) groups excluding carboxylic acids is 2. The summed E-state index contributed by atoms with van der Waals surface area (Å²) < 4.78 is 1.80. The number of nitrogens with one attached hydrogen (secondary N) is 1. The average Bonchev–Trinajstić information content (AvgIpc) is 3.35. The second-order valence-electron chi connectivity index (χ2n) is 11.6. The zero-order chi connectivity index (χ0) is 28.4. The third-order valence-corrected chi connectivity index (χ3v) is 7.31. The molecule has 1 aliphatic heterocycles. The predicted molar refractivity (Wildman–Crippen MR) is 160 cm³/mol. The molecule has 0 bridgehead atoms. The molecule has 0 spiro atoms. The number of hydrogen-bond donors (Lipinski definition) is 1. The Labute approximate surface area is 236 Å². The van der Waals surface area contributed by atoms with Gasteiger partial charge in [-0.3, -0.25) is 19.4 Å². The van der Waals surface area contributed by atoms with Gasteiger partial charge in [-0.15, -0.1) is 0 Å². The fourth-order valence-corrected chi connectivity index (χ4v) is 4.87. The van der Waals surface area contributed by atoms with Crippen LogP contribution < -0.4 is 10.2 Å². The molecule has 5 rings (SSSR count). The summed E-state index contributed by atoms with van der Waals surface area (Å²) >= 11 is 0. The van der Waals surface area contributed by atoms with Crippen LogP contribution in [0, 0.1) is 13.8 Å². The summed E-state index contributed by atoms with van der Waals surface area (Å²) in [5, 5.41) is 7.89. The largest absolute Gasteiger partial charge is 0.306 e. The Morgan fingerprint density at radius 1 is 0.950 bits per heavy atom. The Balaban J connectivity index is 1.29. The van der Waals surface area contributed by atoms with Crippen LogP contribution in [0.4, 0.5) is 11.5 Å². The molecule has 0 saturated carbocycles. The maximum absolute atomic E-state index is 13.3. The highest BCUT2D eigenvalue weighted by molar-refractivity contribution is 6.04. The van der Waals surface area contributed by atoms with Gasteiger partial charge in [0.1, 0.15) is 5.82 Å². The number of rotatable bonds is 6. The number of para-hydroxylation sites is 1. The SMILES string of the molecule is Cc1ccc(-n2nc(C(C)(C)C)cc2NC(=O)c2ccc(CN3CCC(=O)N(c4ccccc4C)C3)cc2)cc1. The summed E-state index contributed by atoms with van der Waals surface area (Å²) in [6, 6.07) is 25.7. The number of benzene rings is 3. The van der Waals surface area contributed by atoms with E-state index in [0.29, 0.717) is 37.6 Å². The standard InChI is InChI=1S/C33H37N5O2/c1-23-10-16-27(17-11-23)38-30(20-29(35-38)33(3,4)5)34-32(40)26-14-12-25(13-15-26)21-36-19-18-31(39)37(22-36)28-9-7-6-8-24(28)2/h6-17,20H,18-19,21-22H2,1-5H3,(H,34,40). The van der Waals surface area contributed by atoms with Crippen LogP contribution in [0.2, 0.25) is 0 Å². The van der Waals surface area contributed by atoms with Crippen LogP contribution in [-0.2, 0) is 16.8 Å². The van der Waals surface area contributed by atoms with E-state index in [1.165, 1.54) is 0 Å². The van der Waals surface area contributed by atoms with Gasteiger partial charge in [-0.1, -0.05) is 68.8 Å². The quantitative estimate of drug-likeness (QED) is 0.318. The van der Waals surface area contributed by atoms with E-state index in [1.807, 2.05) is 97.6 Å². The van der Waals surface area contributed by atoms with Crippen molar-refractivity contribution >= 4 is 23.3 Å². The normalized spacial score (nSPS) is 14.4. The summed E-state index contributed by atoms with van der Waals surface area (Å²) in [7, 11) is 0. The molecule has 1 fully saturated rings. The van der Waals surface area contributed by atoms with Crippen LogP contribution in [0.3, 0.4) is 0 Å². The van der Waals surface area contributed by atoms with Crippen LogP contribution in [-0.4, -0.2) is 39.7 Å². The highest BCUT2D eigenvalue weighted by Gasteiger charge is 2.26. The van der Waals surface area contributed by atoms with Crippen LogP contribution in [0.1, 0.15) is 59.9 Å². The number of aryl methyl sites for hydroxylation is 2. The second kappa shape index (κ2) is 11.1. The van der Waals surface area contributed by atoms with Crippen molar-refractivity contribution in [3.8, 4) is 5.69 Å². The van der Waals surface area contributed by atoms with Gasteiger partial charge in [-0.2, -0.15) is 5.10 Å². The van der Waals surface area contributed by atoms with Crippen molar-refractivity contribution in [1.82, 2.24) is 14.7 Å². The fourth-order valence-electron chi connectivity index (χ4n) is 4.87. The number of carbonyl (C=O) groups is 2. The summed E-state index contributed by atoms with van der Waals surface area (Å²) in [5.74, 6) is 0.601. The first-order valence-electron chi connectivity index (χ1n) is 13.7. The molecule has 206 valence electrons. The maximum atomic E-state index is 13.3. The molecule has 7 heteroatoms. The van der Waals surface area contributed by atoms with Crippen molar-refractivity contribution in [2.24, 2.45) is 0 Å². The fraction of sp³-hybridized carbons (Fsp3) is 0.303. The first-order valence-corrected chi connectivity index (χ1v) is 13.7. The zero-order valence-corrected chi connectivity index (χ0v) is 23.9. The van der Waals surface area contributed by atoms with Crippen molar-refractivity contribution in [2.75, 3.05) is 23.4 Å². The Morgan fingerprint density at radius 3 is 2.33 bits per heavy atom. The molecule has 3 aromatic carbocycles. The number of amides is 2. The molecule has 0 atom stereocenters. The van der Waals surface area contributed by atoms with Gasteiger partial charge >= 0.3 is 0 Å². The van der Waals surface area contributed by atoms with E-state index in [2.05, 4.69) is 31.0 Å². The first-order chi connectivity index (χ1) is 19.1. The van der Waals surface area contributed by atoms with Crippen molar-refractivity contribution in [3.05, 3.63) is 107 Å². The first kappa shape index (κ1) is 27.3. The molecule has 0 unspecified atom stereocenters. The molecule has 40 heavy (non-hydrogen) atoms. The van der Waals surface area contributed by atoms with E-state index in [4.69, 9.17) is 5.10 Å². The van der Waals surface area contributed by atoms with Crippen LogP contribution in [0.25, 0.3) is 5.69 Å². The minimum atomic E-state index is -0.186. The van der Waals surface area contributed by atoms with Gasteiger partial charge in [0, 0.05) is 42.2 Å². The van der Waals surface area contributed by atoms with Crippen LogP contribution in [0.15, 0.2) is 78.9 Å². The Hall–Kier alpha value is -4.23. The monoisotopic (exact) mass is 535 g/mol. The van der Waals surface area contributed by atoms with Crippen molar-refractivity contribution in [1.29, 1.82) is 0 Å². The van der Waals surface area contributed by atoms with Gasteiger partial charge in [-0.05, 0) is 55.3 Å². The lowest BCUT2D eigenvalue weighted by Crippen LogP contribution is -2.48. The molecule has 2 amide bonds. The van der Waals surface area contributed by atoms with E-state index in [9.17, 15) is 9.59 Å². The maximum Gasteiger partial charge on any atom is 0.256 e. The van der Waals surface area contributed by atoms with Crippen molar-refractivity contribution < 1.29 is 9.59 Å². The molecule has 7 nitrogen and oxygen atoms in total. The molecule has 1 N–H and O–H groups in total. The highest BCUT2D eigenvalue weighted by Crippen LogP contribution is 2.27. The van der Waals surface area contributed by atoms with E-state index >= 15 is 0 Å². The minimum Gasteiger partial charge on any atom is -0.306 e. The van der Waals surface area contributed by atoms with Gasteiger partial charge in [0.15, 0.2) is 0 Å². The lowest BCUT2D eigenvalue weighted by Gasteiger charge is -2.36. The van der Waals surface area contributed by atoms with Gasteiger partial charge in [0.2, 0.25) is 5.91 Å². The molecule has 4 aromatic rings. The number of aromatic nitrogens is 2. The number of anilines is 2. The number of hydrogen-bond acceptors (Lipinski definition) is 4. The van der Waals surface area contributed by atoms with Gasteiger partial charge in [0.05, 0.1) is 18.1 Å². The van der Waals surface area contributed by atoms with E-state index in [0.717, 1.165) is 33.8 Å².